The first-order chi connectivity index (χ1) is 11.5. The first kappa shape index (κ1) is 18.8. The largest absolute Gasteiger partial charge is 0.485 e. The van der Waals surface area contributed by atoms with Gasteiger partial charge in [-0.3, -0.25) is 0 Å². The molecule has 0 atom stereocenters. The Morgan fingerprint density at radius 2 is 1.42 bits per heavy atom. The van der Waals surface area contributed by atoms with Crippen molar-refractivity contribution in [3.8, 4) is 0 Å². The summed E-state index contributed by atoms with van der Waals surface area (Å²) in [7, 11) is 0. The van der Waals surface area contributed by atoms with E-state index in [9.17, 15) is 28.8 Å². The normalized spacial score (nSPS) is 20.1. The Kier molecular flexibility index (Phi) is 6.54. The SMILES string of the molecule is CCCCCC[N+]1(N=C=O)C(=O)N(N=C=O)C(=O)N(N=C=O)C1=O. The standard InChI is InChI=1S/C12H13N6O6/c1-2-3-4-5-6-18(15-9-21)11(23)16(13-7-19)10(22)17(12(18)24)14-8-20/h2-6H2,1H3/q+1. The first-order valence-corrected chi connectivity index (χ1v) is 6.86. The van der Waals surface area contributed by atoms with Gasteiger partial charge in [0.05, 0.1) is 0 Å². The van der Waals surface area contributed by atoms with E-state index < -0.39 is 22.7 Å². The van der Waals surface area contributed by atoms with Crippen LogP contribution in [0, 0.1) is 0 Å². The number of hydrogen-bond donors (Lipinski definition) is 0. The lowest BCUT2D eigenvalue weighted by atomic mass is 10.2. The zero-order chi connectivity index (χ0) is 18.2. The maximum absolute atomic E-state index is 12.4. The Morgan fingerprint density at radius 3 is 1.83 bits per heavy atom. The number of urea groups is 3. The summed E-state index contributed by atoms with van der Waals surface area (Å²) in [6.07, 6.45) is 5.54. The fourth-order valence-corrected chi connectivity index (χ4v) is 2.07. The van der Waals surface area contributed by atoms with E-state index in [2.05, 4.69) is 15.3 Å². The Morgan fingerprint density at radius 1 is 0.875 bits per heavy atom. The zero-order valence-corrected chi connectivity index (χ0v) is 12.7. The zero-order valence-electron chi connectivity index (χ0n) is 12.7. The molecule has 0 aromatic carbocycles. The minimum atomic E-state index is -1.56. The van der Waals surface area contributed by atoms with Gasteiger partial charge in [0.2, 0.25) is 0 Å². The maximum Gasteiger partial charge on any atom is 0.485 e. The van der Waals surface area contributed by atoms with Gasteiger partial charge in [-0.05, 0) is 11.0 Å². The highest BCUT2D eigenvalue weighted by Gasteiger charge is 2.62. The summed E-state index contributed by atoms with van der Waals surface area (Å²) in [5.74, 6) is 0. The molecule has 1 heterocycles. The predicted molar refractivity (Wildman–Crippen MR) is 73.5 cm³/mol. The van der Waals surface area contributed by atoms with E-state index in [1.807, 2.05) is 6.92 Å². The third-order valence-corrected chi connectivity index (χ3v) is 3.19. The van der Waals surface area contributed by atoms with Crippen LogP contribution < -0.4 is 0 Å². The Hall–Kier alpha value is -3.29. The van der Waals surface area contributed by atoms with Crippen LogP contribution in [-0.2, 0) is 14.4 Å². The van der Waals surface area contributed by atoms with Crippen LogP contribution in [0.4, 0.5) is 14.4 Å². The summed E-state index contributed by atoms with van der Waals surface area (Å²) in [5, 5.41) is 8.85. The Balaban J connectivity index is 3.39. The summed E-state index contributed by atoms with van der Waals surface area (Å²) < 4.78 is -1.56. The van der Waals surface area contributed by atoms with Crippen molar-refractivity contribution in [1.29, 1.82) is 0 Å². The van der Waals surface area contributed by atoms with Crippen molar-refractivity contribution < 1.29 is 33.4 Å². The van der Waals surface area contributed by atoms with Gasteiger partial charge in [-0.25, -0.2) is 28.8 Å². The van der Waals surface area contributed by atoms with Gasteiger partial charge in [0.25, 0.3) is 18.2 Å². The molecule has 0 spiro atoms. The smallest absolute Gasteiger partial charge is 0.243 e. The molecule has 0 N–H and O–H groups in total. The second kappa shape index (κ2) is 8.37. The number of nitrogens with zero attached hydrogens (tertiary/aromatic N) is 6. The molecule has 1 rings (SSSR count). The van der Waals surface area contributed by atoms with E-state index in [0.29, 0.717) is 6.42 Å². The van der Waals surface area contributed by atoms with Gasteiger partial charge < -0.3 is 0 Å². The molecule has 12 nitrogen and oxygen atoms in total. The highest BCUT2D eigenvalue weighted by Crippen LogP contribution is 2.26. The second-order valence-electron chi connectivity index (χ2n) is 4.60. The maximum atomic E-state index is 12.4. The average Bonchev–Trinajstić information content (AvgIpc) is 2.57. The van der Waals surface area contributed by atoms with Crippen molar-refractivity contribution in [3.05, 3.63) is 0 Å². The number of carbonyl (C=O) groups excluding carboxylic acids is 6. The minimum Gasteiger partial charge on any atom is -0.243 e. The first-order valence-electron chi connectivity index (χ1n) is 6.86. The number of isocyanates is 3. The van der Waals surface area contributed by atoms with Crippen LogP contribution >= 0.6 is 0 Å². The monoisotopic (exact) mass is 337 g/mol. The fourth-order valence-electron chi connectivity index (χ4n) is 2.07. The summed E-state index contributed by atoms with van der Waals surface area (Å²) >= 11 is 0. The lowest BCUT2D eigenvalue weighted by molar-refractivity contribution is -0.784. The lowest BCUT2D eigenvalue weighted by Crippen LogP contribution is -2.69. The molecule has 0 aromatic heterocycles. The van der Waals surface area contributed by atoms with Crippen molar-refractivity contribution in [1.82, 2.24) is 10.0 Å². The van der Waals surface area contributed by atoms with E-state index in [1.54, 1.807) is 0 Å². The number of unbranched alkanes of at least 4 members (excludes halogenated alkanes) is 3. The van der Waals surface area contributed by atoms with Crippen LogP contribution in [0.15, 0.2) is 15.3 Å². The van der Waals surface area contributed by atoms with Crippen molar-refractivity contribution in [2.75, 3.05) is 6.54 Å². The van der Waals surface area contributed by atoms with Gasteiger partial charge >= 0.3 is 18.1 Å². The topological polar surface area (TPSA) is 146 Å². The number of carbonyl (C=O) groups is 3. The van der Waals surface area contributed by atoms with Gasteiger partial charge in [-0.2, -0.15) is 0 Å². The van der Waals surface area contributed by atoms with Gasteiger partial charge in [0, 0.05) is 11.5 Å². The molecule has 0 aliphatic carbocycles. The lowest BCUT2D eigenvalue weighted by Gasteiger charge is -2.33. The number of imide groups is 3. The van der Waals surface area contributed by atoms with Crippen LogP contribution in [-0.4, -0.2) is 57.5 Å². The highest BCUT2D eigenvalue weighted by atomic mass is 16.3. The quantitative estimate of drug-likeness (QED) is 0.280. The molecule has 126 valence electrons. The van der Waals surface area contributed by atoms with Crippen LogP contribution in [0.5, 0.6) is 0 Å². The molecular formula is C12H13N6O6+. The number of rotatable bonds is 8. The molecule has 0 radical (unpaired) electrons. The molecule has 12 heteroatoms. The molecule has 0 unspecified atom stereocenters. The Bertz CT molecular complexity index is 646. The molecule has 0 bridgehead atoms. The third kappa shape index (κ3) is 3.37. The fraction of sp³-hybridized carbons (Fsp3) is 0.500. The van der Waals surface area contributed by atoms with E-state index >= 15 is 0 Å². The summed E-state index contributed by atoms with van der Waals surface area (Å²) in [6.45, 7) is 1.63. The molecular weight excluding hydrogens is 324 g/mol. The van der Waals surface area contributed by atoms with Crippen LogP contribution in [0.25, 0.3) is 0 Å². The van der Waals surface area contributed by atoms with Crippen LogP contribution in [0.1, 0.15) is 32.6 Å². The minimum absolute atomic E-state index is 0.0457. The van der Waals surface area contributed by atoms with E-state index in [4.69, 9.17) is 0 Å². The van der Waals surface area contributed by atoms with E-state index in [-0.39, 0.29) is 23.0 Å². The number of hydrogen-bond acceptors (Lipinski definition) is 9. The van der Waals surface area contributed by atoms with Crippen molar-refractivity contribution >= 4 is 36.3 Å². The van der Waals surface area contributed by atoms with Gasteiger partial charge in [-0.15, -0.1) is 0 Å². The molecule has 6 amide bonds. The highest BCUT2D eigenvalue weighted by molar-refractivity contribution is 6.05. The number of quaternary nitrogens is 1. The van der Waals surface area contributed by atoms with Gasteiger partial charge in [0.15, 0.2) is 0 Å². The second-order valence-corrected chi connectivity index (χ2v) is 4.60. The van der Waals surface area contributed by atoms with Gasteiger partial charge in [-0.1, -0.05) is 40.0 Å². The molecule has 24 heavy (non-hydrogen) atoms. The molecule has 0 aromatic rings. The average molecular weight is 337 g/mol. The van der Waals surface area contributed by atoms with E-state index in [1.165, 1.54) is 0 Å². The summed E-state index contributed by atoms with van der Waals surface area (Å²) in [5.41, 5.74) is 0. The molecule has 1 aliphatic rings. The summed E-state index contributed by atoms with van der Waals surface area (Å²) in [6, 6.07) is -4.23. The van der Waals surface area contributed by atoms with Crippen molar-refractivity contribution in [2.24, 2.45) is 15.3 Å². The molecule has 1 aliphatic heterocycles. The number of amides is 6. The van der Waals surface area contributed by atoms with Crippen molar-refractivity contribution in [3.63, 3.8) is 0 Å². The van der Waals surface area contributed by atoms with Crippen molar-refractivity contribution in [2.45, 2.75) is 32.6 Å². The Labute approximate surface area is 135 Å². The van der Waals surface area contributed by atoms with E-state index in [0.717, 1.165) is 31.1 Å². The number of hydrazone groups is 2. The molecule has 1 fully saturated rings. The third-order valence-electron chi connectivity index (χ3n) is 3.19. The van der Waals surface area contributed by atoms with Crippen LogP contribution in [0.2, 0.25) is 0 Å². The predicted octanol–water partition coefficient (Wildman–Crippen LogP) is 1.11. The van der Waals surface area contributed by atoms with Gasteiger partial charge in [0.1, 0.15) is 6.54 Å². The molecule has 1 saturated heterocycles. The summed E-state index contributed by atoms with van der Waals surface area (Å²) in [4.78, 5) is 68.3. The molecule has 0 saturated carbocycles. The van der Waals surface area contributed by atoms with Crippen LogP contribution in [0.3, 0.4) is 0 Å².